The van der Waals surface area contributed by atoms with Crippen molar-refractivity contribution in [2.75, 3.05) is 40.0 Å². The smallest absolute Gasteiger partial charge is 0.335 e. The van der Waals surface area contributed by atoms with Crippen molar-refractivity contribution in [1.82, 2.24) is 9.80 Å². The number of carbonyl (C=O) groups is 1. The van der Waals surface area contributed by atoms with E-state index in [1.165, 1.54) is 0 Å². The molecule has 1 N–H and O–H groups in total. The lowest BCUT2D eigenvalue weighted by Gasteiger charge is -2.31. The lowest BCUT2D eigenvalue weighted by molar-refractivity contribution is 0.0696. The van der Waals surface area contributed by atoms with Gasteiger partial charge in [-0.2, -0.15) is 0 Å². The van der Waals surface area contributed by atoms with E-state index in [9.17, 15) is 4.79 Å². The lowest BCUT2D eigenvalue weighted by Crippen LogP contribution is -2.45. The van der Waals surface area contributed by atoms with Crippen molar-refractivity contribution in [3.63, 3.8) is 0 Å². The number of benzene rings is 1. The van der Waals surface area contributed by atoms with Crippen molar-refractivity contribution in [2.45, 2.75) is 0 Å². The Morgan fingerprint density at radius 2 is 1.83 bits per heavy atom. The molecular weight excluding hydrogens is 232 g/mol. The number of likely N-dealkylation sites (N-methyl/N-ethyl adjacent to an activating group) is 1. The van der Waals surface area contributed by atoms with Gasteiger partial charge in [0.25, 0.3) is 0 Å². The first kappa shape index (κ1) is 12.9. The van der Waals surface area contributed by atoms with Crippen LogP contribution in [-0.2, 0) is 0 Å². The highest BCUT2D eigenvalue weighted by atomic mass is 16.5. The predicted octanol–water partition coefficient (Wildman–Crippen LogP) is 0.968. The minimum Gasteiger partial charge on any atom is -0.478 e. The molecule has 5 nitrogen and oxygen atoms in total. The van der Waals surface area contributed by atoms with E-state index >= 15 is 0 Å². The molecule has 1 aliphatic rings. The Balaban J connectivity index is 1.81. The molecule has 0 unspecified atom stereocenters. The second kappa shape index (κ2) is 5.84. The van der Waals surface area contributed by atoms with Crippen LogP contribution in [0.15, 0.2) is 24.3 Å². The van der Waals surface area contributed by atoms with Crippen molar-refractivity contribution in [2.24, 2.45) is 0 Å². The molecule has 1 aromatic carbocycles. The molecule has 2 rings (SSSR count). The summed E-state index contributed by atoms with van der Waals surface area (Å²) in [6.07, 6.45) is 0. The molecule has 1 saturated heterocycles. The van der Waals surface area contributed by atoms with Gasteiger partial charge >= 0.3 is 5.97 Å². The van der Waals surface area contributed by atoms with Gasteiger partial charge in [0, 0.05) is 26.2 Å². The SMILES string of the molecule is CN1CCN(COc2ccc(C(=O)O)cc2)CC1. The van der Waals surface area contributed by atoms with Crippen LogP contribution in [0, 0.1) is 0 Å². The Bertz CT molecular complexity index is 397. The van der Waals surface area contributed by atoms with Crippen LogP contribution in [0.3, 0.4) is 0 Å². The molecule has 0 atom stereocenters. The second-order valence-corrected chi connectivity index (χ2v) is 4.52. The van der Waals surface area contributed by atoms with Gasteiger partial charge in [0.05, 0.1) is 5.56 Å². The third kappa shape index (κ3) is 3.45. The third-order valence-corrected chi connectivity index (χ3v) is 3.11. The van der Waals surface area contributed by atoms with Crippen LogP contribution in [0.1, 0.15) is 10.4 Å². The fraction of sp³-hybridized carbons (Fsp3) is 0.462. The summed E-state index contributed by atoms with van der Waals surface area (Å²) in [5, 5.41) is 8.78. The van der Waals surface area contributed by atoms with E-state index in [0.717, 1.165) is 26.2 Å². The monoisotopic (exact) mass is 250 g/mol. The largest absolute Gasteiger partial charge is 0.478 e. The number of nitrogens with zero attached hydrogens (tertiary/aromatic N) is 2. The van der Waals surface area contributed by atoms with Gasteiger partial charge in [-0.05, 0) is 31.3 Å². The van der Waals surface area contributed by atoms with E-state index in [1.807, 2.05) is 0 Å². The van der Waals surface area contributed by atoms with Crippen molar-refractivity contribution < 1.29 is 14.6 Å². The minimum absolute atomic E-state index is 0.280. The number of carboxylic acids is 1. The number of hydrogen-bond donors (Lipinski definition) is 1. The number of carboxylic acid groups (broad SMARTS) is 1. The highest BCUT2D eigenvalue weighted by molar-refractivity contribution is 5.87. The molecule has 0 bridgehead atoms. The molecule has 1 aliphatic heterocycles. The van der Waals surface area contributed by atoms with E-state index < -0.39 is 5.97 Å². The van der Waals surface area contributed by atoms with Crippen molar-refractivity contribution >= 4 is 5.97 Å². The van der Waals surface area contributed by atoms with Gasteiger partial charge in [-0.3, -0.25) is 4.90 Å². The summed E-state index contributed by atoms with van der Waals surface area (Å²) in [6, 6.07) is 6.50. The van der Waals surface area contributed by atoms with E-state index in [-0.39, 0.29) is 5.56 Å². The normalized spacial score (nSPS) is 17.6. The molecule has 1 fully saturated rings. The van der Waals surface area contributed by atoms with Gasteiger partial charge in [0.15, 0.2) is 0 Å². The Kier molecular flexibility index (Phi) is 4.17. The van der Waals surface area contributed by atoms with Gasteiger partial charge in [0.2, 0.25) is 0 Å². The zero-order valence-electron chi connectivity index (χ0n) is 10.5. The summed E-state index contributed by atoms with van der Waals surface area (Å²) in [7, 11) is 2.11. The van der Waals surface area contributed by atoms with Crippen LogP contribution in [0.4, 0.5) is 0 Å². The van der Waals surface area contributed by atoms with Crippen LogP contribution in [-0.4, -0.2) is 60.8 Å². The van der Waals surface area contributed by atoms with E-state index in [2.05, 4.69) is 16.8 Å². The van der Waals surface area contributed by atoms with Gasteiger partial charge in [-0.15, -0.1) is 0 Å². The molecule has 98 valence electrons. The summed E-state index contributed by atoms with van der Waals surface area (Å²) in [5.74, 6) is -0.209. The van der Waals surface area contributed by atoms with E-state index in [4.69, 9.17) is 9.84 Å². The molecule has 0 aromatic heterocycles. The Labute approximate surface area is 107 Å². The van der Waals surface area contributed by atoms with Crippen LogP contribution < -0.4 is 4.74 Å². The highest BCUT2D eigenvalue weighted by Crippen LogP contribution is 2.13. The van der Waals surface area contributed by atoms with Crippen LogP contribution in [0.5, 0.6) is 5.75 Å². The number of aromatic carboxylic acids is 1. The summed E-state index contributed by atoms with van der Waals surface area (Å²) in [5.41, 5.74) is 0.280. The first-order valence-corrected chi connectivity index (χ1v) is 6.02. The zero-order chi connectivity index (χ0) is 13.0. The predicted molar refractivity (Wildman–Crippen MR) is 68.0 cm³/mol. The van der Waals surface area contributed by atoms with Gasteiger partial charge in [-0.25, -0.2) is 4.79 Å². The van der Waals surface area contributed by atoms with E-state index in [0.29, 0.717) is 12.5 Å². The van der Waals surface area contributed by atoms with Gasteiger partial charge in [0.1, 0.15) is 12.5 Å². The quantitative estimate of drug-likeness (QED) is 0.863. The molecular formula is C13H18N2O3. The molecule has 0 aliphatic carbocycles. The lowest BCUT2D eigenvalue weighted by atomic mass is 10.2. The fourth-order valence-electron chi connectivity index (χ4n) is 1.84. The minimum atomic E-state index is -0.916. The standard InChI is InChI=1S/C13H18N2O3/c1-14-6-8-15(9-7-14)10-18-12-4-2-11(3-5-12)13(16)17/h2-5H,6-10H2,1H3,(H,16,17). The Morgan fingerprint density at radius 3 is 2.39 bits per heavy atom. The molecule has 5 heteroatoms. The van der Waals surface area contributed by atoms with Gasteiger partial charge < -0.3 is 14.7 Å². The molecule has 1 aromatic rings. The second-order valence-electron chi connectivity index (χ2n) is 4.52. The molecule has 0 saturated carbocycles. The van der Waals surface area contributed by atoms with Crippen molar-refractivity contribution in [3.05, 3.63) is 29.8 Å². The average molecular weight is 250 g/mol. The first-order chi connectivity index (χ1) is 8.65. The highest BCUT2D eigenvalue weighted by Gasteiger charge is 2.13. The van der Waals surface area contributed by atoms with Crippen molar-refractivity contribution in [1.29, 1.82) is 0 Å². The molecule has 18 heavy (non-hydrogen) atoms. The summed E-state index contributed by atoms with van der Waals surface area (Å²) < 4.78 is 5.63. The maximum atomic E-state index is 10.7. The maximum Gasteiger partial charge on any atom is 0.335 e. The van der Waals surface area contributed by atoms with E-state index in [1.54, 1.807) is 24.3 Å². The van der Waals surface area contributed by atoms with Crippen LogP contribution in [0.25, 0.3) is 0 Å². The van der Waals surface area contributed by atoms with Gasteiger partial charge in [-0.1, -0.05) is 0 Å². The summed E-state index contributed by atoms with van der Waals surface area (Å²) in [4.78, 5) is 15.2. The molecule has 0 radical (unpaired) electrons. The number of piperazine rings is 1. The zero-order valence-corrected chi connectivity index (χ0v) is 10.5. The molecule has 1 heterocycles. The number of rotatable bonds is 4. The topological polar surface area (TPSA) is 53.0 Å². The Morgan fingerprint density at radius 1 is 1.22 bits per heavy atom. The third-order valence-electron chi connectivity index (χ3n) is 3.11. The summed E-state index contributed by atoms with van der Waals surface area (Å²) >= 11 is 0. The molecule has 0 spiro atoms. The van der Waals surface area contributed by atoms with Crippen LogP contribution in [0.2, 0.25) is 0 Å². The maximum absolute atomic E-state index is 10.7. The van der Waals surface area contributed by atoms with Crippen LogP contribution >= 0.6 is 0 Å². The fourth-order valence-corrected chi connectivity index (χ4v) is 1.84. The Hall–Kier alpha value is -1.59. The number of ether oxygens (including phenoxy) is 1. The molecule has 0 amide bonds. The average Bonchev–Trinajstić information content (AvgIpc) is 2.38. The van der Waals surface area contributed by atoms with Crippen molar-refractivity contribution in [3.8, 4) is 5.75 Å². The first-order valence-electron chi connectivity index (χ1n) is 6.02. The summed E-state index contributed by atoms with van der Waals surface area (Å²) in [6.45, 7) is 4.68. The number of hydrogen-bond acceptors (Lipinski definition) is 4.